The lowest BCUT2D eigenvalue weighted by molar-refractivity contribution is -0.161. The van der Waals surface area contributed by atoms with Crippen molar-refractivity contribution in [1.82, 2.24) is 0 Å². The summed E-state index contributed by atoms with van der Waals surface area (Å²) in [5.74, 6) is 0.173. The quantitative estimate of drug-likeness (QED) is 0.0222. The van der Waals surface area contributed by atoms with Crippen LogP contribution in [0.3, 0.4) is 0 Å². The third-order valence-corrected chi connectivity index (χ3v) is 21.3. The van der Waals surface area contributed by atoms with Crippen molar-refractivity contribution in [3.63, 3.8) is 0 Å². The van der Waals surface area contributed by atoms with Gasteiger partial charge < -0.3 is 33.8 Å². The molecule has 19 heteroatoms. The van der Waals surface area contributed by atoms with E-state index in [1.165, 1.54) is 238 Å². The summed E-state index contributed by atoms with van der Waals surface area (Å²) in [5, 5.41) is 10.7. The molecule has 0 aromatic carbocycles. The molecule has 0 aliphatic heterocycles. The van der Waals surface area contributed by atoms with Crippen molar-refractivity contribution in [2.24, 2.45) is 17.8 Å². The van der Waals surface area contributed by atoms with Crippen LogP contribution >= 0.6 is 15.6 Å². The fourth-order valence-corrected chi connectivity index (χ4v) is 14.4. The second kappa shape index (κ2) is 73.2. The van der Waals surface area contributed by atoms with Gasteiger partial charge in [-0.1, -0.05) is 382 Å². The average Bonchev–Trinajstić information content (AvgIpc) is 0.941. The molecule has 0 saturated carbocycles. The molecule has 0 aliphatic carbocycles. The number of carbonyl (C=O) groups excluding carboxylic acids is 4. The lowest BCUT2D eigenvalue weighted by Crippen LogP contribution is -2.30. The highest BCUT2D eigenvalue weighted by Crippen LogP contribution is 2.45. The van der Waals surface area contributed by atoms with Crippen LogP contribution in [0.15, 0.2) is 0 Å². The van der Waals surface area contributed by atoms with Crippen molar-refractivity contribution in [2.45, 2.75) is 452 Å². The van der Waals surface area contributed by atoms with Crippen LogP contribution in [-0.4, -0.2) is 96.7 Å². The van der Waals surface area contributed by atoms with Crippen molar-refractivity contribution in [3.05, 3.63) is 0 Å². The Morgan fingerprint density at radius 3 is 0.667 bits per heavy atom. The molecule has 0 heterocycles. The third kappa shape index (κ3) is 76.3. The smallest absolute Gasteiger partial charge is 0.462 e. The summed E-state index contributed by atoms with van der Waals surface area (Å²) in [6, 6.07) is 0. The van der Waals surface area contributed by atoms with E-state index in [4.69, 9.17) is 37.0 Å². The predicted molar refractivity (Wildman–Crippen MR) is 418 cm³/mol. The monoisotopic (exact) mass is 1490 g/mol. The van der Waals surface area contributed by atoms with E-state index in [9.17, 15) is 43.2 Å². The van der Waals surface area contributed by atoms with E-state index in [2.05, 4.69) is 48.5 Å². The minimum absolute atomic E-state index is 0.106. The van der Waals surface area contributed by atoms with Gasteiger partial charge in [0.2, 0.25) is 0 Å². The molecule has 17 nitrogen and oxygen atoms in total. The molecule has 102 heavy (non-hydrogen) atoms. The van der Waals surface area contributed by atoms with Gasteiger partial charge in [-0.25, -0.2) is 9.13 Å². The number of aliphatic hydroxyl groups excluding tert-OH is 1. The van der Waals surface area contributed by atoms with Gasteiger partial charge in [0.05, 0.1) is 26.4 Å². The molecule has 2 unspecified atom stereocenters. The van der Waals surface area contributed by atoms with Crippen molar-refractivity contribution in [2.75, 3.05) is 39.6 Å². The average molecular weight is 1490 g/mol. The Labute approximate surface area is 626 Å². The highest BCUT2D eigenvalue weighted by Gasteiger charge is 2.30. The predicted octanol–water partition coefficient (Wildman–Crippen LogP) is 24.9. The van der Waals surface area contributed by atoms with E-state index >= 15 is 0 Å². The molecular formula is C83H162O17P2. The number of hydrogen-bond acceptors (Lipinski definition) is 15. The fourth-order valence-electron chi connectivity index (χ4n) is 12.8. The van der Waals surface area contributed by atoms with Gasteiger partial charge in [-0.15, -0.1) is 0 Å². The molecule has 3 N–H and O–H groups in total. The largest absolute Gasteiger partial charge is 0.472 e. The molecule has 0 rings (SSSR count). The molecule has 0 spiro atoms. The fraction of sp³-hybridized carbons (Fsp3) is 0.952. The molecular weight excluding hydrogens is 1330 g/mol. The maximum atomic E-state index is 13.1. The van der Waals surface area contributed by atoms with Crippen LogP contribution in [0.25, 0.3) is 0 Å². The second-order valence-electron chi connectivity index (χ2n) is 31.3. The number of hydrogen-bond donors (Lipinski definition) is 3. The molecule has 0 amide bonds. The molecule has 0 fully saturated rings. The summed E-state index contributed by atoms with van der Waals surface area (Å²) in [6.45, 7) is 11.9. The molecule has 0 saturated heterocycles. The van der Waals surface area contributed by atoms with Crippen LogP contribution < -0.4 is 0 Å². The lowest BCUT2D eigenvalue weighted by atomic mass is 10.0. The van der Waals surface area contributed by atoms with Gasteiger partial charge in [0.15, 0.2) is 12.2 Å². The van der Waals surface area contributed by atoms with Gasteiger partial charge in [0, 0.05) is 25.7 Å². The highest BCUT2D eigenvalue weighted by molar-refractivity contribution is 7.47. The second-order valence-corrected chi connectivity index (χ2v) is 34.2. The first-order valence-electron chi connectivity index (χ1n) is 42.8. The zero-order valence-corrected chi connectivity index (χ0v) is 68.9. The SMILES string of the molecule is CCCCCCCCCCCCCCCCCCCCCCC(=O)O[C@H](COC(=O)CCCCCCCCCCCCCCCC(C)C)COP(=O)(O)OC[C@@H](O)COP(=O)(O)OC[C@@H](COC(=O)CCCCCCCCCC(C)C)OC(=O)CCCCCCCCCCCCCCCC(C)C. The Balaban J connectivity index is 5.23. The van der Waals surface area contributed by atoms with E-state index in [1.807, 2.05) is 0 Å². The van der Waals surface area contributed by atoms with E-state index in [0.717, 1.165) is 108 Å². The Morgan fingerprint density at radius 2 is 0.451 bits per heavy atom. The highest BCUT2D eigenvalue weighted by atomic mass is 31.2. The van der Waals surface area contributed by atoms with Gasteiger partial charge in [0.1, 0.15) is 19.3 Å². The van der Waals surface area contributed by atoms with Crippen LogP contribution in [0.2, 0.25) is 0 Å². The standard InChI is InChI=1S/C83H162O17P2/c1-8-9-10-11-12-13-14-15-16-17-18-19-20-21-26-32-37-44-52-59-66-82(87)99-78(70-93-80(85)64-57-50-43-36-31-27-22-24-29-34-40-47-54-61-74(2)3)72-97-101(89,90)95-68-77(84)69-96-102(91,92)98-73-79(71-94-81(86)65-58-51-46-39-42-49-56-63-76(6)7)100-83(88)67-60-53-45-38-33-28-23-25-30-35-41-48-55-62-75(4)5/h74-79,84H,8-73H2,1-7H3,(H,89,90)(H,91,92)/t77-,78-,79-/m1/s1. The third-order valence-electron chi connectivity index (χ3n) is 19.4. The Kier molecular flexibility index (Phi) is 71.8. The first kappa shape index (κ1) is 100. The van der Waals surface area contributed by atoms with E-state index < -0.39 is 97.5 Å². The number of carbonyl (C=O) groups is 4. The summed E-state index contributed by atoms with van der Waals surface area (Å²) >= 11 is 0. The molecule has 0 aromatic rings. The molecule has 0 radical (unpaired) electrons. The zero-order valence-electron chi connectivity index (χ0n) is 67.1. The van der Waals surface area contributed by atoms with Crippen molar-refractivity contribution < 1.29 is 80.2 Å². The maximum absolute atomic E-state index is 13.1. The summed E-state index contributed by atoms with van der Waals surface area (Å²) in [4.78, 5) is 73.1. The van der Waals surface area contributed by atoms with Crippen molar-refractivity contribution >= 4 is 39.5 Å². The van der Waals surface area contributed by atoms with Crippen LogP contribution in [0, 0.1) is 17.8 Å². The topological polar surface area (TPSA) is 237 Å². The molecule has 0 bridgehead atoms. The van der Waals surface area contributed by atoms with Crippen LogP contribution in [-0.2, 0) is 65.4 Å². The summed E-state index contributed by atoms with van der Waals surface area (Å²) in [6.07, 6.45) is 62.6. The number of esters is 4. The number of phosphoric acid groups is 2. The maximum Gasteiger partial charge on any atom is 0.472 e. The minimum atomic E-state index is -4.96. The number of aliphatic hydroxyl groups is 1. The number of phosphoric ester groups is 2. The number of rotatable bonds is 81. The number of unbranched alkanes of at least 4 members (excludes halogenated alkanes) is 49. The zero-order chi connectivity index (χ0) is 75.1. The summed E-state index contributed by atoms with van der Waals surface area (Å²) in [5.41, 5.74) is 0. The van der Waals surface area contributed by atoms with Crippen molar-refractivity contribution in [1.29, 1.82) is 0 Å². The van der Waals surface area contributed by atoms with Crippen molar-refractivity contribution in [3.8, 4) is 0 Å². The summed E-state index contributed by atoms with van der Waals surface area (Å²) < 4.78 is 68.8. The Bertz CT molecular complexity index is 1970. The van der Waals surface area contributed by atoms with E-state index in [-0.39, 0.29) is 25.7 Å². The van der Waals surface area contributed by atoms with E-state index in [1.54, 1.807) is 0 Å². The summed E-state index contributed by atoms with van der Waals surface area (Å²) in [7, 11) is -9.92. The Morgan fingerprint density at radius 1 is 0.265 bits per heavy atom. The van der Waals surface area contributed by atoms with Crippen LogP contribution in [0.1, 0.15) is 434 Å². The first-order chi connectivity index (χ1) is 49.2. The van der Waals surface area contributed by atoms with Gasteiger partial charge in [-0.2, -0.15) is 0 Å². The van der Waals surface area contributed by atoms with Gasteiger partial charge in [-0.05, 0) is 43.4 Å². The number of ether oxygens (including phenoxy) is 4. The Hall–Kier alpha value is -1.94. The van der Waals surface area contributed by atoms with Gasteiger partial charge in [-0.3, -0.25) is 37.3 Å². The van der Waals surface area contributed by atoms with Gasteiger partial charge >= 0.3 is 39.5 Å². The molecule has 0 aliphatic rings. The molecule has 5 atom stereocenters. The van der Waals surface area contributed by atoms with Crippen LogP contribution in [0.4, 0.5) is 0 Å². The van der Waals surface area contributed by atoms with Crippen LogP contribution in [0.5, 0.6) is 0 Å². The first-order valence-corrected chi connectivity index (χ1v) is 45.8. The molecule has 606 valence electrons. The van der Waals surface area contributed by atoms with E-state index in [0.29, 0.717) is 31.6 Å². The minimum Gasteiger partial charge on any atom is -0.462 e. The molecule has 0 aromatic heterocycles. The normalized spacial score (nSPS) is 13.9. The van der Waals surface area contributed by atoms with Gasteiger partial charge in [0.25, 0.3) is 0 Å². The lowest BCUT2D eigenvalue weighted by Gasteiger charge is -2.21.